The highest BCUT2D eigenvalue weighted by Gasteiger charge is 2.24. The standard InChI is InChI=1S/C20H23NO5/c1-3-25-19(22)16(13-21)11-14-9-10-17(18(12-14)24-2)26-20(23)15-7-5-4-6-8-15/h9-12,15H,3-8H2,1-2H3/b16-11+. The topological polar surface area (TPSA) is 85.6 Å². The summed E-state index contributed by atoms with van der Waals surface area (Å²) >= 11 is 0. The van der Waals surface area contributed by atoms with Crippen LogP contribution in [0.3, 0.4) is 0 Å². The molecule has 1 aromatic rings. The molecule has 2 rings (SSSR count). The quantitative estimate of drug-likeness (QED) is 0.334. The normalized spacial score (nSPS) is 15.0. The Labute approximate surface area is 153 Å². The molecule has 1 aromatic carbocycles. The van der Waals surface area contributed by atoms with Crippen molar-refractivity contribution in [3.63, 3.8) is 0 Å². The van der Waals surface area contributed by atoms with Crippen molar-refractivity contribution < 1.29 is 23.8 Å². The molecule has 0 aromatic heterocycles. The predicted octanol–water partition coefficient (Wildman–Crippen LogP) is 3.65. The first-order valence-corrected chi connectivity index (χ1v) is 8.77. The fourth-order valence-corrected chi connectivity index (χ4v) is 2.90. The molecule has 0 bridgehead atoms. The second-order valence-electron chi connectivity index (χ2n) is 6.06. The van der Waals surface area contributed by atoms with Gasteiger partial charge in [0.1, 0.15) is 11.6 Å². The van der Waals surface area contributed by atoms with E-state index >= 15 is 0 Å². The lowest BCUT2D eigenvalue weighted by atomic mass is 9.89. The Morgan fingerprint density at radius 2 is 1.96 bits per heavy atom. The zero-order valence-electron chi connectivity index (χ0n) is 15.1. The minimum absolute atomic E-state index is 0.0676. The van der Waals surface area contributed by atoms with Crippen molar-refractivity contribution in [2.45, 2.75) is 39.0 Å². The molecule has 0 amide bonds. The highest BCUT2D eigenvalue weighted by Crippen LogP contribution is 2.31. The summed E-state index contributed by atoms with van der Waals surface area (Å²) < 4.78 is 15.6. The first-order chi connectivity index (χ1) is 12.6. The van der Waals surface area contributed by atoms with Gasteiger partial charge >= 0.3 is 11.9 Å². The van der Waals surface area contributed by atoms with Gasteiger partial charge in [-0.05, 0) is 43.5 Å². The first-order valence-electron chi connectivity index (χ1n) is 8.77. The summed E-state index contributed by atoms with van der Waals surface area (Å²) in [6.45, 7) is 1.86. The van der Waals surface area contributed by atoms with Crippen LogP contribution in [-0.4, -0.2) is 25.7 Å². The van der Waals surface area contributed by atoms with Gasteiger partial charge in [0.25, 0.3) is 0 Å². The summed E-state index contributed by atoms with van der Waals surface area (Å²) in [5.74, 6) is -0.293. The number of hydrogen-bond acceptors (Lipinski definition) is 6. The molecule has 0 spiro atoms. The molecule has 1 saturated carbocycles. The van der Waals surface area contributed by atoms with Crippen molar-refractivity contribution in [1.82, 2.24) is 0 Å². The maximum absolute atomic E-state index is 12.3. The van der Waals surface area contributed by atoms with E-state index in [4.69, 9.17) is 19.5 Å². The molecule has 0 saturated heterocycles. The maximum atomic E-state index is 12.3. The van der Waals surface area contributed by atoms with E-state index in [1.54, 1.807) is 25.1 Å². The number of hydrogen-bond donors (Lipinski definition) is 0. The minimum atomic E-state index is -0.679. The number of nitriles is 1. The molecular weight excluding hydrogens is 334 g/mol. The molecule has 0 unspecified atom stereocenters. The molecule has 6 heteroatoms. The molecule has 1 aliphatic rings. The van der Waals surface area contributed by atoms with Crippen LogP contribution in [0.2, 0.25) is 0 Å². The largest absolute Gasteiger partial charge is 0.493 e. The van der Waals surface area contributed by atoms with E-state index in [-0.39, 0.29) is 24.1 Å². The summed E-state index contributed by atoms with van der Waals surface area (Å²) in [6.07, 6.45) is 6.38. The first kappa shape index (κ1) is 19.5. The van der Waals surface area contributed by atoms with Gasteiger partial charge in [-0.3, -0.25) is 4.79 Å². The third kappa shape index (κ3) is 5.09. The van der Waals surface area contributed by atoms with Gasteiger partial charge in [-0.15, -0.1) is 0 Å². The average molecular weight is 357 g/mol. The molecule has 138 valence electrons. The van der Waals surface area contributed by atoms with Gasteiger partial charge in [-0.25, -0.2) is 4.79 Å². The third-order valence-electron chi connectivity index (χ3n) is 4.26. The minimum Gasteiger partial charge on any atom is -0.493 e. The van der Waals surface area contributed by atoms with Gasteiger partial charge in [0.05, 0.1) is 19.6 Å². The lowest BCUT2D eigenvalue weighted by Crippen LogP contribution is -2.22. The zero-order valence-corrected chi connectivity index (χ0v) is 15.1. The van der Waals surface area contributed by atoms with E-state index in [2.05, 4.69) is 0 Å². The Balaban J connectivity index is 2.17. The Morgan fingerprint density at radius 3 is 2.58 bits per heavy atom. The van der Waals surface area contributed by atoms with Crippen molar-refractivity contribution in [3.8, 4) is 17.6 Å². The van der Waals surface area contributed by atoms with E-state index in [1.165, 1.54) is 13.2 Å². The lowest BCUT2D eigenvalue weighted by Gasteiger charge is -2.20. The van der Waals surface area contributed by atoms with Crippen LogP contribution < -0.4 is 9.47 Å². The third-order valence-corrected chi connectivity index (χ3v) is 4.26. The van der Waals surface area contributed by atoms with Crippen LogP contribution in [0.1, 0.15) is 44.6 Å². The summed E-state index contributed by atoms with van der Waals surface area (Å²) in [6, 6.07) is 6.69. The molecule has 26 heavy (non-hydrogen) atoms. The van der Waals surface area contributed by atoms with Crippen molar-refractivity contribution in [2.24, 2.45) is 5.92 Å². The Kier molecular flexibility index (Phi) is 7.22. The number of nitrogens with zero attached hydrogens (tertiary/aromatic N) is 1. The molecule has 1 fully saturated rings. The van der Waals surface area contributed by atoms with Crippen LogP contribution in [0, 0.1) is 17.2 Å². The van der Waals surface area contributed by atoms with Crippen LogP contribution in [0.15, 0.2) is 23.8 Å². The highest BCUT2D eigenvalue weighted by atomic mass is 16.6. The molecule has 0 radical (unpaired) electrons. The number of ether oxygens (including phenoxy) is 3. The molecule has 0 N–H and O–H groups in total. The summed E-state index contributed by atoms with van der Waals surface area (Å²) in [7, 11) is 1.47. The van der Waals surface area contributed by atoms with E-state index in [1.807, 2.05) is 6.07 Å². The molecular formula is C20H23NO5. The zero-order chi connectivity index (χ0) is 18.9. The Morgan fingerprint density at radius 1 is 1.23 bits per heavy atom. The van der Waals surface area contributed by atoms with Crippen LogP contribution in [0.5, 0.6) is 11.5 Å². The molecule has 0 aliphatic heterocycles. The smallest absolute Gasteiger partial charge is 0.348 e. The fraction of sp³-hybridized carbons (Fsp3) is 0.450. The summed E-state index contributed by atoms with van der Waals surface area (Å²) in [4.78, 5) is 24.0. The summed E-state index contributed by atoms with van der Waals surface area (Å²) in [5, 5.41) is 9.11. The van der Waals surface area contributed by atoms with Gasteiger partial charge in [-0.2, -0.15) is 5.26 Å². The van der Waals surface area contributed by atoms with Crippen molar-refractivity contribution in [2.75, 3.05) is 13.7 Å². The van der Waals surface area contributed by atoms with E-state index in [9.17, 15) is 9.59 Å². The number of benzene rings is 1. The molecule has 0 atom stereocenters. The Hall–Kier alpha value is -2.81. The highest BCUT2D eigenvalue weighted by molar-refractivity contribution is 5.98. The van der Waals surface area contributed by atoms with E-state index < -0.39 is 5.97 Å². The summed E-state index contributed by atoms with van der Waals surface area (Å²) in [5.41, 5.74) is 0.463. The van der Waals surface area contributed by atoms with Crippen molar-refractivity contribution in [3.05, 3.63) is 29.3 Å². The van der Waals surface area contributed by atoms with Gasteiger partial charge < -0.3 is 14.2 Å². The second kappa shape index (κ2) is 9.62. The maximum Gasteiger partial charge on any atom is 0.348 e. The second-order valence-corrected chi connectivity index (χ2v) is 6.06. The number of esters is 2. The van der Waals surface area contributed by atoms with Crippen LogP contribution in [0.4, 0.5) is 0 Å². The van der Waals surface area contributed by atoms with Crippen LogP contribution >= 0.6 is 0 Å². The Bertz CT molecular complexity index is 726. The van der Waals surface area contributed by atoms with E-state index in [0.29, 0.717) is 17.1 Å². The van der Waals surface area contributed by atoms with E-state index in [0.717, 1.165) is 32.1 Å². The fourth-order valence-electron chi connectivity index (χ4n) is 2.90. The monoisotopic (exact) mass is 357 g/mol. The number of rotatable bonds is 6. The van der Waals surface area contributed by atoms with Crippen LogP contribution in [0.25, 0.3) is 6.08 Å². The van der Waals surface area contributed by atoms with Gasteiger partial charge in [0.2, 0.25) is 0 Å². The molecule has 0 heterocycles. The van der Waals surface area contributed by atoms with Crippen molar-refractivity contribution in [1.29, 1.82) is 5.26 Å². The average Bonchev–Trinajstić information content (AvgIpc) is 2.67. The van der Waals surface area contributed by atoms with Gasteiger partial charge in [0, 0.05) is 0 Å². The van der Waals surface area contributed by atoms with Gasteiger partial charge in [0.15, 0.2) is 11.5 Å². The molecule has 1 aliphatic carbocycles. The predicted molar refractivity (Wildman–Crippen MR) is 95.4 cm³/mol. The van der Waals surface area contributed by atoms with Gasteiger partial charge in [-0.1, -0.05) is 25.3 Å². The molecule has 6 nitrogen and oxygen atoms in total. The number of carbonyl (C=O) groups is 2. The number of carbonyl (C=O) groups excluding carboxylic acids is 2. The number of methoxy groups -OCH3 is 1. The van der Waals surface area contributed by atoms with Crippen LogP contribution in [-0.2, 0) is 14.3 Å². The lowest BCUT2D eigenvalue weighted by molar-refractivity contribution is -0.140. The van der Waals surface area contributed by atoms with Crippen molar-refractivity contribution >= 4 is 18.0 Å². The SMILES string of the molecule is CCOC(=O)/C(C#N)=C/c1ccc(OC(=O)C2CCCCC2)c(OC)c1.